The number of halogens is 1. The molecule has 1 unspecified atom stereocenters. The summed E-state index contributed by atoms with van der Waals surface area (Å²) in [5, 5.41) is 2.61. The maximum Gasteiger partial charge on any atom is 0.261 e. The molecule has 2 aromatic carbocycles. The highest BCUT2D eigenvalue weighted by Gasteiger charge is 2.26. The molecule has 156 valence electrons. The smallest absolute Gasteiger partial charge is 0.261 e. The number of nitrogens with one attached hydrogen (secondary N) is 1. The number of benzene rings is 2. The highest BCUT2D eigenvalue weighted by molar-refractivity contribution is 9.10. The summed E-state index contributed by atoms with van der Waals surface area (Å²) in [7, 11) is 1.56. The molecule has 29 heavy (non-hydrogen) atoms. The van der Waals surface area contributed by atoms with Crippen molar-refractivity contribution in [3.05, 3.63) is 64.1 Å². The van der Waals surface area contributed by atoms with Gasteiger partial charge in [-0.25, -0.2) is 0 Å². The van der Waals surface area contributed by atoms with E-state index in [1.807, 2.05) is 48.5 Å². The number of carbonyl (C=O) groups excluding carboxylic acids is 2. The fourth-order valence-corrected chi connectivity index (χ4v) is 3.12. The van der Waals surface area contributed by atoms with E-state index < -0.39 is 6.04 Å². The Balaban J connectivity index is 2.10. The Morgan fingerprint density at radius 1 is 1.07 bits per heavy atom. The average molecular weight is 461 g/mol. The average Bonchev–Trinajstić information content (AvgIpc) is 2.70. The number of ether oxygens (including phenoxy) is 1. The summed E-state index contributed by atoms with van der Waals surface area (Å²) in [5.74, 6) is 0.163. The largest absolute Gasteiger partial charge is 0.484 e. The lowest BCUT2D eigenvalue weighted by atomic mass is 9.87. The summed E-state index contributed by atoms with van der Waals surface area (Å²) in [6, 6.07) is 14.8. The third-order valence-electron chi connectivity index (χ3n) is 4.76. The molecule has 0 aliphatic heterocycles. The summed E-state index contributed by atoms with van der Waals surface area (Å²) < 4.78 is 6.67. The van der Waals surface area contributed by atoms with Crippen molar-refractivity contribution in [3.63, 3.8) is 0 Å². The summed E-state index contributed by atoms with van der Waals surface area (Å²) in [4.78, 5) is 26.6. The number of rotatable bonds is 7. The fourth-order valence-electron chi connectivity index (χ4n) is 2.86. The Hall–Kier alpha value is -2.34. The first kappa shape index (κ1) is 22.9. The van der Waals surface area contributed by atoms with E-state index in [1.165, 1.54) is 10.5 Å². The van der Waals surface area contributed by atoms with Gasteiger partial charge in [0.15, 0.2) is 6.61 Å². The van der Waals surface area contributed by atoms with Crippen LogP contribution in [0, 0.1) is 0 Å². The SMILES string of the molecule is CNC(=O)C(C)N(Cc1ccc(Br)cc1)C(=O)COc1ccc(C(C)(C)C)cc1. The molecule has 0 aromatic heterocycles. The van der Waals surface area contributed by atoms with Crippen LogP contribution >= 0.6 is 15.9 Å². The second-order valence-electron chi connectivity index (χ2n) is 8.00. The molecule has 0 radical (unpaired) electrons. The van der Waals surface area contributed by atoms with Gasteiger partial charge in [0.25, 0.3) is 5.91 Å². The standard InChI is InChI=1S/C23H29BrN2O3/c1-16(22(28)25-5)26(14-17-6-10-19(24)11-7-17)21(27)15-29-20-12-8-18(9-13-20)23(2,3)4/h6-13,16H,14-15H2,1-5H3,(H,25,28). The quantitative estimate of drug-likeness (QED) is 0.670. The van der Waals surface area contributed by atoms with E-state index in [4.69, 9.17) is 4.74 Å². The Bertz CT molecular complexity index is 827. The normalized spacial score (nSPS) is 12.2. The maximum atomic E-state index is 12.9. The molecule has 5 nitrogen and oxygen atoms in total. The van der Waals surface area contributed by atoms with Gasteiger partial charge >= 0.3 is 0 Å². The van der Waals surface area contributed by atoms with Gasteiger partial charge in [-0.15, -0.1) is 0 Å². The highest BCUT2D eigenvalue weighted by atomic mass is 79.9. The van der Waals surface area contributed by atoms with Crippen LogP contribution in [0.4, 0.5) is 0 Å². The van der Waals surface area contributed by atoms with Crippen molar-refractivity contribution >= 4 is 27.7 Å². The summed E-state index contributed by atoms with van der Waals surface area (Å²) in [5.41, 5.74) is 2.19. The lowest BCUT2D eigenvalue weighted by Crippen LogP contribution is -2.48. The number of hydrogen-bond donors (Lipinski definition) is 1. The van der Waals surface area contributed by atoms with Crippen LogP contribution in [-0.4, -0.2) is 36.4 Å². The molecule has 0 bridgehead atoms. The Morgan fingerprint density at radius 2 is 1.66 bits per heavy atom. The first-order chi connectivity index (χ1) is 13.6. The van der Waals surface area contributed by atoms with Crippen molar-refractivity contribution in [2.45, 2.75) is 45.7 Å². The molecule has 2 aromatic rings. The lowest BCUT2D eigenvalue weighted by molar-refractivity contribution is -0.142. The third kappa shape index (κ3) is 6.60. The van der Waals surface area contributed by atoms with Crippen LogP contribution in [-0.2, 0) is 21.5 Å². The number of carbonyl (C=O) groups is 2. The molecule has 0 heterocycles. The second kappa shape index (κ2) is 9.92. The van der Waals surface area contributed by atoms with E-state index in [0.29, 0.717) is 12.3 Å². The fraction of sp³-hybridized carbons (Fsp3) is 0.391. The molecular formula is C23H29BrN2O3. The zero-order valence-electron chi connectivity index (χ0n) is 17.7. The second-order valence-corrected chi connectivity index (χ2v) is 8.92. The first-order valence-electron chi connectivity index (χ1n) is 9.60. The van der Waals surface area contributed by atoms with Crippen LogP contribution in [0.15, 0.2) is 53.0 Å². The molecule has 6 heteroatoms. The molecule has 2 amide bonds. The van der Waals surface area contributed by atoms with Gasteiger partial charge in [0.1, 0.15) is 11.8 Å². The zero-order chi connectivity index (χ0) is 21.6. The summed E-state index contributed by atoms with van der Waals surface area (Å²) >= 11 is 3.41. The minimum absolute atomic E-state index is 0.0543. The van der Waals surface area contributed by atoms with Gasteiger partial charge in [0, 0.05) is 18.1 Å². The van der Waals surface area contributed by atoms with E-state index in [2.05, 4.69) is 42.0 Å². The van der Waals surface area contributed by atoms with E-state index in [-0.39, 0.29) is 23.8 Å². The van der Waals surface area contributed by atoms with E-state index in [0.717, 1.165) is 10.0 Å². The number of nitrogens with zero attached hydrogens (tertiary/aromatic N) is 1. The number of hydrogen-bond acceptors (Lipinski definition) is 3. The molecule has 0 aliphatic carbocycles. The van der Waals surface area contributed by atoms with Crippen molar-refractivity contribution in [3.8, 4) is 5.75 Å². The molecule has 0 aliphatic rings. The zero-order valence-corrected chi connectivity index (χ0v) is 19.2. The highest BCUT2D eigenvalue weighted by Crippen LogP contribution is 2.24. The van der Waals surface area contributed by atoms with Crippen LogP contribution in [0.1, 0.15) is 38.8 Å². The third-order valence-corrected chi connectivity index (χ3v) is 5.29. The van der Waals surface area contributed by atoms with Crippen molar-refractivity contribution in [2.75, 3.05) is 13.7 Å². The maximum absolute atomic E-state index is 12.9. The van der Waals surface area contributed by atoms with Gasteiger partial charge in [-0.05, 0) is 47.7 Å². The monoisotopic (exact) mass is 460 g/mol. The van der Waals surface area contributed by atoms with Gasteiger partial charge in [-0.2, -0.15) is 0 Å². The van der Waals surface area contributed by atoms with E-state index in [9.17, 15) is 9.59 Å². The molecule has 1 atom stereocenters. The van der Waals surface area contributed by atoms with Crippen molar-refractivity contribution < 1.29 is 14.3 Å². The number of likely N-dealkylation sites (N-methyl/N-ethyl adjacent to an activating group) is 1. The van der Waals surface area contributed by atoms with Crippen LogP contribution in [0.3, 0.4) is 0 Å². The molecule has 0 fully saturated rings. The molecule has 0 spiro atoms. The Morgan fingerprint density at radius 3 is 2.17 bits per heavy atom. The van der Waals surface area contributed by atoms with E-state index >= 15 is 0 Å². The summed E-state index contributed by atoms with van der Waals surface area (Å²) in [6.07, 6.45) is 0. The molecule has 0 saturated carbocycles. The number of amides is 2. The predicted octanol–water partition coefficient (Wildman–Crippen LogP) is 4.29. The molecular weight excluding hydrogens is 432 g/mol. The van der Waals surface area contributed by atoms with Crippen molar-refractivity contribution in [1.82, 2.24) is 10.2 Å². The van der Waals surface area contributed by atoms with Crippen LogP contribution < -0.4 is 10.1 Å². The van der Waals surface area contributed by atoms with Crippen molar-refractivity contribution in [2.24, 2.45) is 0 Å². The van der Waals surface area contributed by atoms with Gasteiger partial charge in [0.05, 0.1) is 0 Å². The van der Waals surface area contributed by atoms with Gasteiger partial charge < -0.3 is 15.0 Å². The molecule has 1 N–H and O–H groups in total. The van der Waals surface area contributed by atoms with Crippen molar-refractivity contribution in [1.29, 1.82) is 0 Å². The summed E-state index contributed by atoms with van der Waals surface area (Å²) in [6.45, 7) is 8.35. The van der Waals surface area contributed by atoms with Crippen LogP contribution in [0.25, 0.3) is 0 Å². The van der Waals surface area contributed by atoms with Gasteiger partial charge in [0.2, 0.25) is 5.91 Å². The Kier molecular flexibility index (Phi) is 7.85. The topological polar surface area (TPSA) is 58.6 Å². The lowest BCUT2D eigenvalue weighted by Gasteiger charge is -2.28. The van der Waals surface area contributed by atoms with Crippen LogP contribution in [0.2, 0.25) is 0 Å². The molecule has 2 rings (SSSR count). The van der Waals surface area contributed by atoms with Gasteiger partial charge in [-0.1, -0.05) is 61.0 Å². The minimum atomic E-state index is -0.608. The Labute approximate surface area is 181 Å². The predicted molar refractivity (Wildman–Crippen MR) is 119 cm³/mol. The van der Waals surface area contributed by atoms with Crippen LogP contribution in [0.5, 0.6) is 5.75 Å². The van der Waals surface area contributed by atoms with Gasteiger partial charge in [-0.3, -0.25) is 9.59 Å². The molecule has 0 saturated heterocycles. The van der Waals surface area contributed by atoms with E-state index in [1.54, 1.807) is 14.0 Å². The minimum Gasteiger partial charge on any atom is -0.484 e. The first-order valence-corrected chi connectivity index (χ1v) is 10.4.